The molecule has 1 atom stereocenters. The molecular formula is C11H15N3O2S. The molecule has 1 aliphatic rings. The van der Waals surface area contributed by atoms with Gasteiger partial charge in [-0.3, -0.25) is 9.59 Å². The highest BCUT2D eigenvalue weighted by Crippen LogP contribution is 2.14. The van der Waals surface area contributed by atoms with Crippen LogP contribution in [0.25, 0.3) is 0 Å². The molecule has 92 valence electrons. The Kier molecular flexibility index (Phi) is 3.42. The zero-order valence-electron chi connectivity index (χ0n) is 9.90. The summed E-state index contributed by atoms with van der Waals surface area (Å²) in [7, 11) is 0. The quantitative estimate of drug-likeness (QED) is 0.862. The number of rotatable bonds is 3. The van der Waals surface area contributed by atoms with Crippen LogP contribution >= 0.6 is 11.3 Å². The molecule has 1 aromatic rings. The lowest BCUT2D eigenvalue weighted by Gasteiger charge is -2.31. The number of hydrogen-bond acceptors (Lipinski definition) is 4. The third kappa shape index (κ3) is 2.63. The minimum absolute atomic E-state index is 0.0139. The maximum absolute atomic E-state index is 12.0. The zero-order valence-corrected chi connectivity index (χ0v) is 10.7. The lowest BCUT2D eigenvalue weighted by atomic mass is 10.1. The van der Waals surface area contributed by atoms with Crippen molar-refractivity contribution in [1.82, 2.24) is 15.2 Å². The van der Waals surface area contributed by atoms with E-state index in [0.717, 1.165) is 10.7 Å². The molecule has 0 saturated carbocycles. The monoisotopic (exact) mass is 253 g/mol. The Morgan fingerprint density at radius 3 is 2.94 bits per heavy atom. The molecule has 0 radical (unpaired) electrons. The van der Waals surface area contributed by atoms with Gasteiger partial charge in [-0.05, 0) is 13.3 Å². The second kappa shape index (κ2) is 4.83. The number of thiazole rings is 1. The average molecular weight is 253 g/mol. The molecule has 0 aliphatic carbocycles. The van der Waals surface area contributed by atoms with E-state index in [1.165, 1.54) is 11.3 Å². The molecule has 1 aromatic heterocycles. The summed E-state index contributed by atoms with van der Waals surface area (Å²) in [5, 5.41) is 5.51. The Morgan fingerprint density at radius 1 is 1.59 bits per heavy atom. The van der Waals surface area contributed by atoms with Crippen molar-refractivity contribution in [2.75, 3.05) is 6.54 Å². The number of carbonyl (C=O) groups is 2. The van der Waals surface area contributed by atoms with E-state index in [9.17, 15) is 9.59 Å². The Balaban J connectivity index is 2.09. The maximum atomic E-state index is 12.0. The van der Waals surface area contributed by atoms with Gasteiger partial charge < -0.3 is 10.2 Å². The SMILES string of the molecule is CCC1NC(=O)CN(Cc2nc(C)cs2)C1=O. The molecule has 2 rings (SSSR count). The number of aryl methyl sites for hydroxylation is 1. The Labute approximate surface area is 104 Å². The lowest BCUT2D eigenvalue weighted by molar-refractivity contribution is -0.144. The fraction of sp³-hybridized carbons (Fsp3) is 0.545. The zero-order chi connectivity index (χ0) is 12.4. The van der Waals surface area contributed by atoms with E-state index in [2.05, 4.69) is 10.3 Å². The van der Waals surface area contributed by atoms with Crippen molar-refractivity contribution in [2.24, 2.45) is 0 Å². The van der Waals surface area contributed by atoms with Crippen molar-refractivity contribution in [3.63, 3.8) is 0 Å². The van der Waals surface area contributed by atoms with Crippen molar-refractivity contribution >= 4 is 23.2 Å². The normalized spacial score (nSPS) is 20.6. The number of piperazine rings is 1. The Hall–Kier alpha value is -1.43. The molecule has 1 unspecified atom stereocenters. The van der Waals surface area contributed by atoms with Gasteiger partial charge in [0.15, 0.2) is 0 Å². The highest BCUT2D eigenvalue weighted by molar-refractivity contribution is 7.09. The van der Waals surface area contributed by atoms with E-state index in [0.29, 0.717) is 13.0 Å². The van der Waals surface area contributed by atoms with Gasteiger partial charge >= 0.3 is 0 Å². The number of aromatic nitrogens is 1. The van der Waals surface area contributed by atoms with Gasteiger partial charge in [0.25, 0.3) is 0 Å². The largest absolute Gasteiger partial charge is 0.343 e. The first kappa shape index (κ1) is 12.0. The molecule has 0 bridgehead atoms. The minimum atomic E-state index is -0.377. The predicted octanol–water partition coefficient (Wildman–Crippen LogP) is 0.689. The van der Waals surface area contributed by atoms with Gasteiger partial charge in [-0.2, -0.15) is 0 Å². The Morgan fingerprint density at radius 2 is 2.35 bits per heavy atom. The topological polar surface area (TPSA) is 62.3 Å². The van der Waals surface area contributed by atoms with E-state index < -0.39 is 0 Å². The molecule has 17 heavy (non-hydrogen) atoms. The van der Waals surface area contributed by atoms with E-state index in [-0.39, 0.29) is 24.4 Å². The van der Waals surface area contributed by atoms with E-state index >= 15 is 0 Å². The van der Waals surface area contributed by atoms with Crippen LogP contribution in [0.4, 0.5) is 0 Å². The number of nitrogens with one attached hydrogen (secondary N) is 1. The summed E-state index contributed by atoms with van der Waals surface area (Å²) in [5.41, 5.74) is 0.950. The van der Waals surface area contributed by atoms with Crippen LogP contribution in [-0.2, 0) is 16.1 Å². The molecule has 1 N–H and O–H groups in total. The summed E-state index contributed by atoms with van der Waals surface area (Å²) in [6.45, 7) is 4.37. The molecule has 0 aromatic carbocycles. The second-order valence-corrected chi connectivity index (χ2v) is 5.05. The van der Waals surface area contributed by atoms with Crippen LogP contribution in [0.2, 0.25) is 0 Å². The van der Waals surface area contributed by atoms with Gasteiger partial charge in [0.05, 0.1) is 6.54 Å². The van der Waals surface area contributed by atoms with Crippen LogP contribution in [0.5, 0.6) is 0 Å². The molecule has 0 spiro atoms. The summed E-state index contributed by atoms with van der Waals surface area (Å²) in [6.07, 6.45) is 0.623. The minimum Gasteiger partial charge on any atom is -0.343 e. The summed E-state index contributed by atoms with van der Waals surface area (Å²) in [4.78, 5) is 29.3. The van der Waals surface area contributed by atoms with Crippen LogP contribution < -0.4 is 5.32 Å². The van der Waals surface area contributed by atoms with Crippen LogP contribution in [0.15, 0.2) is 5.38 Å². The van der Waals surface area contributed by atoms with Crippen molar-refractivity contribution in [3.8, 4) is 0 Å². The highest BCUT2D eigenvalue weighted by Gasteiger charge is 2.31. The lowest BCUT2D eigenvalue weighted by Crippen LogP contribution is -2.57. The second-order valence-electron chi connectivity index (χ2n) is 4.11. The van der Waals surface area contributed by atoms with Crippen LogP contribution in [0, 0.1) is 6.92 Å². The third-order valence-corrected chi connectivity index (χ3v) is 3.63. The molecule has 1 saturated heterocycles. The first-order chi connectivity index (χ1) is 8.10. The van der Waals surface area contributed by atoms with Crippen molar-refractivity contribution in [1.29, 1.82) is 0 Å². The molecule has 2 heterocycles. The summed E-state index contributed by atoms with van der Waals surface area (Å²) in [6, 6.07) is -0.377. The molecular weight excluding hydrogens is 238 g/mol. The van der Waals surface area contributed by atoms with Crippen molar-refractivity contribution in [3.05, 3.63) is 16.1 Å². The average Bonchev–Trinajstić information content (AvgIpc) is 2.69. The van der Waals surface area contributed by atoms with E-state index in [1.54, 1.807) is 4.90 Å². The van der Waals surface area contributed by atoms with Gasteiger partial charge in [0, 0.05) is 11.1 Å². The summed E-state index contributed by atoms with van der Waals surface area (Å²) < 4.78 is 0. The van der Waals surface area contributed by atoms with Crippen molar-refractivity contribution < 1.29 is 9.59 Å². The van der Waals surface area contributed by atoms with Gasteiger partial charge in [-0.25, -0.2) is 4.98 Å². The molecule has 5 nitrogen and oxygen atoms in total. The van der Waals surface area contributed by atoms with Gasteiger partial charge in [-0.15, -0.1) is 11.3 Å². The summed E-state index contributed by atoms with van der Waals surface area (Å²) in [5.74, 6) is -0.107. The fourth-order valence-electron chi connectivity index (χ4n) is 1.82. The van der Waals surface area contributed by atoms with Crippen LogP contribution in [0.3, 0.4) is 0 Å². The molecule has 6 heteroatoms. The predicted molar refractivity (Wildman–Crippen MR) is 64.5 cm³/mol. The maximum Gasteiger partial charge on any atom is 0.245 e. The third-order valence-electron chi connectivity index (χ3n) is 2.68. The number of carbonyl (C=O) groups excluding carboxylic acids is 2. The van der Waals surface area contributed by atoms with Crippen LogP contribution in [0.1, 0.15) is 24.0 Å². The fourth-order valence-corrected chi connectivity index (χ4v) is 2.61. The van der Waals surface area contributed by atoms with E-state index in [1.807, 2.05) is 19.2 Å². The molecule has 1 aliphatic heterocycles. The number of amides is 2. The molecule has 1 fully saturated rings. The van der Waals surface area contributed by atoms with Crippen molar-refractivity contribution in [2.45, 2.75) is 32.9 Å². The van der Waals surface area contributed by atoms with Gasteiger partial charge in [0.2, 0.25) is 11.8 Å². The van der Waals surface area contributed by atoms with Crippen LogP contribution in [-0.4, -0.2) is 34.3 Å². The highest BCUT2D eigenvalue weighted by atomic mass is 32.1. The summed E-state index contributed by atoms with van der Waals surface area (Å²) >= 11 is 1.52. The number of hydrogen-bond donors (Lipinski definition) is 1. The smallest absolute Gasteiger partial charge is 0.245 e. The van der Waals surface area contributed by atoms with E-state index in [4.69, 9.17) is 0 Å². The molecule has 2 amide bonds. The van der Waals surface area contributed by atoms with Gasteiger partial charge in [-0.1, -0.05) is 6.92 Å². The number of nitrogens with zero attached hydrogens (tertiary/aromatic N) is 2. The van der Waals surface area contributed by atoms with Gasteiger partial charge in [0.1, 0.15) is 17.6 Å². The Bertz CT molecular complexity index is 444. The first-order valence-corrected chi connectivity index (χ1v) is 6.47. The standard InChI is InChI=1S/C11H15N3O2S/c1-3-8-11(16)14(4-9(15)13-8)5-10-12-7(2)6-17-10/h6,8H,3-5H2,1-2H3,(H,13,15). The first-order valence-electron chi connectivity index (χ1n) is 5.59.